The van der Waals surface area contributed by atoms with Gasteiger partial charge >= 0.3 is 0 Å². The maximum atomic E-state index is 4.60. The Morgan fingerprint density at radius 1 is 1.25 bits per heavy atom. The van der Waals surface area contributed by atoms with Crippen molar-refractivity contribution >= 4 is 22.6 Å². The molecule has 20 heavy (non-hydrogen) atoms. The Hall–Kier alpha value is -1.70. The summed E-state index contributed by atoms with van der Waals surface area (Å²) in [5.41, 5.74) is 4.42. The fraction of sp³-hybridized carbons (Fsp3) is 0.214. The Bertz CT molecular complexity index is 830. The Balaban J connectivity index is 2.12. The number of aromatic nitrogens is 5. The van der Waals surface area contributed by atoms with Crippen LogP contribution >= 0.6 is 22.6 Å². The van der Waals surface area contributed by atoms with Crippen molar-refractivity contribution in [3.8, 4) is 17.1 Å². The fourth-order valence-corrected chi connectivity index (χ4v) is 3.16. The summed E-state index contributed by atoms with van der Waals surface area (Å²) in [6, 6.07) is 6.39. The lowest BCUT2D eigenvalue weighted by atomic mass is 10.1. The van der Waals surface area contributed by atoms with Crippen molar-refractivity contribution in [2.45, 2.75) is 20.4 Å². The summed E-state index contributed by atoms with van der Waals surface area (Å²) in [7, 11) is 0. The largest absolute Gasteiger partial charge is 0.300 e. The van der Waals surface area contributed by atoms with Crippen molar-refractivity contribution in [1.82, 2.24) is 24.3 Å². The van der Waals surface area contributed by atoms with Gasteiger partial charge in [0.15, 0.2) is 5.82 Å². The van der Waals surface area contributed by atoms with Crippen molar-refractivity contribution in [2.24, 2.45) is 0 Å². The van der Waals surface area contributed by atoms with Crippen molar-refractivity contribution in [1.29, 1.82) is 0 Å². The third kappa shape index (κ3) is 1.64. The van der Waals surface area contributed by atoms with Gasteiger partial charge in [0.25, 0.3) is 0 Å². The molecule has 0 amide bonds. The molecular formula is C14H12IN5. The van der Waals surface area contributed by atoms with Crippen molar-refractivity contribution in [2.75, 3.05) is 0 Å². The van der Waals surface area contributed by atoms with Gasteiger partial charge in [-0.15, -0.1) is 0 Å². The van der Waals surface area contributed by atoms with Crippen LogP contribution in [0.1, 0.15) is 17.2 Å². The minimum Gasteiger partial charge on any atom is -0.300 e. The van der Waals surface area contributed by atoms with Crippen molar-refractivity contribution in [3.63, 3.8) is 0 Å². The molecule has 100 valence electrons. The molecule has 3 aromatic rings. The van der Waals surface area contributed by atoms with E-state index >= 15 is 0 Å². The summed E-state index contributed by atoms with van der Waals surface area (Å²) in [5.74, 6) is 1.73. The lowest BCUT2D eigenvalue weighted by molar-refractivity contribution is 0.668. The quantitative estimate of drug-likeness (QED) is 0.443. The second kappa shape index (κ2) is 4.15. The predicted molar refractivity (Wildman–Crippen MR) is 83.9 cm³/mol. The van der Waals surface area contributed by atoms with Crippen LogP contribution in [0.2, 0.25) is 0 Å². The van der Waals surface area contributed by atoms with E-state index in [0.717, 1.165) is 34.3 Å². The van der Waals surface area contributed by atoms with E-state index in [-0.39, 0.29) is 0 Å². The van der Waals surface area contributed by atoms with Crippen LogP contribution in [0.15, 0.2) is 24.5 Å². The molecule has 1 aliphatic rings. The van der Waals surface area contributed by atoms with Crippen LogP contribution in [0.25, 0.3) is 17.1 Å². The number of hydrogen-bond donors (Lipinski definition) is 0. The van der Waals surface area contributed by atoms with Gasteiger partial charge in [0.1, 0.15) is 5.82 Å². The van der Waals surface area contributed by atoms with Crippen LogP contribution in [0, 0.1) is 17.4 Å². The van der Waals surface area contributed by atoms with E-state index in [4.69, 9.17) is 0 Å². The molecule has 0 aliphatic carbocycles. The highest BCUT2D eigenvalue weighted by atomic mass is 127. The molecule has 3 heterocycles. The number of nitrogens with zero attached hydrogens (tertiary/aromatic N) is 5. The molecule has 0 N–H and O–H groups in total. The lowest BCUT2D eigenvalue weighted by Gasteiger charge is -2.08. The third-order valence-electron chi connectivity index (χ3n) is 3.61. The van der Waals surface area contributed by atoms with Gasteiger partial charge in [-0.25, -0.2) is 14.6 Å². The number of fused-ring (bicyclic) bond motifs is 5. The number of rotatable bonds is 0. The zero-order chi connectivity index (χ0) is 13.9. The summed E-state index contributed by atoms with van der Waals surface area (Å²) >= 11 is 2.33. The second-order valence-corrected chi connectivity index (χ2v) is 6.19. The first kappa shape index (κ1) is 12.1. The van der Waals surface area contributed by atoms with Gasteiger partial charge in [-0.05, 0) is 54.6 Å². The van der Waals surface area contributed by atoms with E-state index < -0.39 is 0 Å². The van der Waals surface area contributed by atoms with Crippen LogP contribution in [-0.2, 0) is 6.54 Å². The Morgan fingerprint density at radius 3 is 2.95 bits per heavy atom. The van der Waals surface area contributed by atoms with Crippen LogP contribution in [0.3, 0.4) is 0 Å². The number of aryl methyl sites for hydroxylation is 2. The van der Waals surface area contributed by atoms with Crippen LogP contribution in [0.5, 0.6) is 0 Å². The predicted octanol–water partition coefficient (Wildman–Crippen LogP) is 2.71. The van der Waals surface area contributed by atoms with Gasteiger partial charge in [-0.1, -0.05) is 0 Å². The molecule has 6 heteroatoms. The molecule has 1 aliphatic heterocycles. The van der Waals surface area contributed by atoms with Crippen LogP contribution < -0.4 is 0 Å². The van der Waals surface area contributed by atoms with Crippen molar-refractivity contribution in [3.05, 3.63) is 45.3 Å². The maximum absolute atomic E-state index is 4.60. The first-order valence-electron chi connectivity index (χ1n) is 6.38. The third-order valence-corrected chi connectivity index (χ3v) is 4.28. The summed E-state index contributed by atoms with van der Waals surface area (Å²) < 4.78 is 5.30. The standard InChI is InChI=1S/C14H12IN5/c1-8-13-6-20-14(17-9(2)18-20)11-5-10(15)3-4-12(11)19(13)7-16-8/h3-5,7H,6H2,1-2H3. The SMILES string of the molecule is Cc1nc2n(n1)Cc1c(C)ncn1-c1ccc(I)cc1-2. The minimum atomic E-state index is 0.702. The van der Waals surface area contributed by atoms with Gasteiger partial charge in [-0.3, -0.25) is 0 Å². The first-order valence-corrected chi connectivity index (χ1v) is 7.46. The van der Waals surface area contributed by atoms with E-state index in [0.29, 0.717) is 6.54 Å². The molecule has 0 spiro atoms. The first-order chi connectivity index (χ1) is 9.63. The Kier molecular flexibility index (Phi) is 2.50. The average Bonchev–Trinajstić information content (AvgIpc) is 2.92. The van der Waals surface area contributed by atoms with E-state index in [1.54, 1.807) is 0 Å². The highest BCUT2D eigenvalue weighted by molar-refractivity contribution is 14.1. The zero-order valence-corrected chi connectivity index (χ0v) is 13.3. The highest BCUT2D eigenvalue weighted by Gasteiger charge is 2.23. The molecule has 5 nitrogen and oxygen atoms in total. The molecule has 0 radical (unpaired) electrons. The molecular weight excluding hydrogens is 365 g/mol. The molecule has 0 saturated heterocycles. The molecule has 2 aromatic heterocycles. The van der Waals surface area contributed by atoms with Gasteiger partial charge < -0.3 is 4.57 Å². The molecule has 0 saturated carbocycles. The fourth-order valence-electron chi connectivity index (χ4n) is 2.67. The molecule has 0 fully saturated rings. The normalized spacial score (nSPS) is 12.6. The average molecular weight is 377 g/mol. The van der Waals surface area contributed by atoms with E-state index in [9.17, 15) is 0 Å². The Morgan fingerprint density at radius 2 is 2.10 bits per heavy atom. The summed E-state index contributed by atoms with van der Waals surface area (Å²) in [6.45, 7) is 4.67. The lowest BCUT2D eigenvalue weighted by Crippen LogP contribution is -2.05. The van der Waals surface area contributed by atoms with Gasteiger partial charge in [0.05, 0.1) is 29.9 Å². The van der Waals surface area contributed by atoms with Crippen LogP contribution in [0.4, 0.5) is 0 Å². The monoisotopic (exact) mass is 377 g/mol. The summed E-state index contributed by atoms with van der Waals surface area (Å²) in [5, 5.41) is 4.52. The number of halogens is 1. The molecule has 0 unspecified atom stereocenters. The van der Waals surface area contributed by atoms with Gasteiger partial charge in [0, 0.05) is 9.13 Å². The van der Waals surface area contributed by atoms with Gasteiger partial charge in [0.2, 0.25) is 0 Å². The summed E-state index contributed by atoms with van der Waals surface area (Å²) in [4.78, 5) is 9.04. The van der Waals surface area contributed by atoms with E-state index in [1.165, 1.54) is 3.57 Å². The van der Waals surface area contributed by atoms with Gasteiger partial charge in [-0.2, -0.15) is 5.10 Å². The topological polar surface area (TPSA) is 48.5 Å². The number of imidazole rings is 1. The maximum Gasteiger partial charge on any atom is 0.160 e. The summed E-state index contributed by atoms with van der Waals surface area (Å²) in [6.07, 6.45) is 1.88. The van der Waals surface area contributed by atoms with Crippen molar-refractivity contribution < 1.29 is 0 Å². The second-order valence-electron chi connectivity index (χ2n) is 4.95. The molecule has 4 rings (SSSR count). The number of hydrogen-bond acceptors (Lipinski definition) is 3. The smallest absolute Gasteiger partial charge is 0.160 e. The highest BCUT2D eigenvalue weighted by Crippen LogP contribution is 2.32. The van der Waals surface area contributed by atoms with E-state index in [1.807, 2.05) is 24.9 Å². The molecule has 0 bridgehead atoms. The number of benzene rings is 1. The minimum absolute atomic E-state index is 0.702. The van der Waals surface area contributed by atoms with Crippen LogP contribution in [-0.4, -0.2) is 24.3 Å². The Labute approximate surface area is 129 Å². The zero-order valence-electron chi connectivity index (χ0n) is 11.1. The molecule has 0 atom stereocenters. The van der Waals surface area contributed by atoms with E-state index in [2.05, 4.69) is 60.4 Å². The molecule has 1 aromatic carbocycles.